The lowest BCUT2D eigenvalue weighted by atomic mass is 10.2. The molecule has 0 aliphatic rings. The molecular weight excluding hydrogens is 304 g/mol. The summed E-state index contributed by atoms with van der Waals surface area (Å²) in [5, 5.41) is 14.6. The average molecular weight is 318 g/mol. The number of hydrogen-bond donors (Lipinski definition) is 1. The Morgan fingerprint density at radius 2 is 2.24 bits per heavy atom. The first-order valence-corrected chi connectivity index (χ1v) is 8.24. The molecule has 0 saturated carbocycles. The predicted octanol–water partition coefficient (Wildman–Crippen LogP) is 3.58. The zero-order chi connectivity index (χ0) is 15.1. The molecule has 5 nitrogen and oxygen atoms in total. The molecule has 0 atom stereocenters. The van der Waals surface area contributed by atoms with Gasteiger partial charge in [0, 0.05) is 0 Å². The van der Waals surface area contributed by atoms with E-state index in [0.717, 1.165) is 16.3 Å². The van der Waals surface area contributed by atoms with Crippen LogP contribution in [0.1, 0.15) is 18.1 Å². The van der Waals surface area contributed by atoms with Crippen molar-refractivity contribution in [2.24, 2.45) is 5.10 Å². The maximum atomic E-state index is 9.11. The Morgan fingerprint density at radius 3 is 2.86 bits per heavy atom. The highest BCUT2D eigenvalue weighted by atomic mass is 32.2. The smallest absolute Gasteiger partial charge is 0.148 e. The summed E-state index contributed by atoms with van der Waals surface area (Å²) in [7, 11) is 0. The second-order valence-corrected chi connectivity index (χ2v) is 5.45. The third-order valence-corrected chi connectivity index (χ3v) is 4.09. The van der Waals surface area contributed by atoms with Crippen LogP contribution in [-0.4, -0.2) is 23.5 Å². The third-order valence-electron chi connectivity index (χ3n) is 2.54. The monoisotopic (exact) mass is 318 g/mol. The van der Waals surface area contributed by atoms with Gasteiger partial charge in [-0.1, -0.05) is 0 Å². The number of nitrogens with zero attached hydrogens (tertiary/aromatic N) is 3. The van der Waals surface area contributed by atoms with E-state index in [1.807, 2.05) is 37.4 Å². The second kappa shape index (κ2) is 7.67. The molecule has 0 unspecified atom stereocenters. The minimum Gasteiger partial charge on any atom is -0.494 e. The zero-order valence-electron chi connectivity index (χ0n) is 11.7. The van der Waals surface area contributed by atoms with Crippen LogP contribution < -0.4 is 10.2 Å². The zero-order valence-corrected chi connectivity index (χ0v) is 13.3. The molecule has 21 heavy (non-hydrogen) atoms. The van der Waals surface area contributed by atoms with E-state index in [-0.39, 0.29) is 0 Å². The largest absolute Gasteiger partial charge is 0.494 e. The van der Waals surface area contributed by atoms with Crippen LogP contribution >= 0.6 is 23.3 Å². The highest BCUT2D eigenvalue weighted by Crippen LogP contribution is 2.29. The predicted molar refractivity (Wildman–Crippen MR) is 87.4 cm³/mol. The van der Waals surface area contributed by atoms with E-state index in [9.17, 15) is 0 Å². The van der Waals surface area contributed by atoms with Gasteiger partial charge in [-0.15, -0.1) is 11.8 Å². The van der Waals surface area contributed by atoms with Crippen molar-refractivity contribution >= 4 is 34.5 Å². The Labute approximate surface area is 131 Å². The molecule has 1 aromatic carbocycles. The molecule has 0 aliphatic carbocycles. The van der Waals surface area contributed by atoms with E-state index in [2.05, 4.69) is 21.0 Å². The van der Waals surface area contributed by atoms with Crippen LogP contribution in [0.5, 0.6) is 5.75 Å². The Kier molecular flexibility index (Phi) is 5.60. The molecule has 2 aromatic rings. The van der Waals surface area contributed by atoms with Crippen molar-refractivity contribution in [3.63, 3.8) is 0 Å². The van der Waals surface area contributed by atoms with Crippen LogP contribution in [0, 0.1) is 11.3 Å². The fourth-order valence-electron chi connectivity index (χ4n) is 1.57. The molecule has 108 valence electrons. The molecule has 0 spiro atoms. The van der Waals surface area contributed by atoms with Gasteiger partial charge in [0.15, 0.2) is 0 Å². The number of benzene rings is 1. The summed E-state index contributed by atoms with van der Waals surface area (Å²) in [6.07, 6.45) is 3.58. The van der Waals surface area contributed by atoms with Crippen molar-refractivity contribution in [2.45, 2.75) is 11.9 Å². The Bertz CT molecular complexity index is 659. The van der Waals surface area contributed by atoms with Gasteiger partial charge >= 0.3 is 0 Å². The minimum absolute atomic E-state index is 0.538. The van der Waals surface area contributed by atoms with Crippen LogP contribution in [0.4, 0.5) is 5.00 Å². The Balaban J connectivity index is 2.02. The summed E-state index contributed by atoms with van der Waals surface area (Å²) in [5.41, 5.74) is 4.35. The van der Waals surface area contributed by atoms with Crippen molar-refractivity contribution in [2.75, 3.05) is 18.3 Å². The van der Waals surface area contributed by atoms with Crippen molar-refractivity contribution in [1.82, 2.24) is 4.37 Å². The lowest BCUT2D eigenvalue weighted by Crippen LogP contribution is -1.93. The molecule has 1 aromatic heterocycles. The number of nitriles is 1. The summed E-state index contributed by atoms with van der Waals surface area (Å²) >= 11 is 2.68. The average Bonchev–Trinajstić information content (AvgIpc) is 2.91. The first kappa shape index (κ1) is 15.4. The quantitative estimate of drug-likeness (QED) is 0.501. The Morgan fingerprint density at radius 1 is 1.48 bits per heavy atom. The van der Waals surface area contributed by atoms with Gasteiger partial charge < -0.3 is 4.74 Å². The molecule has 1 heterocycles. The molecular formula is C14H14N4OS2. The first-order chi connectivity index (χ1) is 10.3. The van der Waals surface area contributed by atoms with E-state index in [1.165, 1.54) is 23.3 Å². The minimum atomic E-state index is 0.538. The topological polar surface area (TPSA) is 70.3 Å². The number of thioether (sulfide) groups is 1. The van der Waals surface area contributed by atoms with Gasteiger partial charge in [-0.3, -0.25) is 5.43 Å². The summed E-state index contributed by atoms with van der Waals surface area (Å²) < 4.78 is 9.57. The van der Waals surface area contributed by atoms with E-state index >= 15 is 0 Å². The molecule has 0 aliphatic heterocycles. The molecule has 0 radical (unpaired) electrons. The molecule has 1 N–H and O–H groups in total. The van der Waals surface area contributed by atoms with E-state index in [4.69, 9.17) is 10.00 Å². The van der Waals surface area contributed by atoms with Crippen molar-refractivity contribution < 1.29 is 4.74 Å². The maximum Gasteiger partial charge on any atom is 0.148 e. The van der Waals surface area contributed by atoms with Gasteiger partial charge in [-0.2, -0.15) is 14.7 Å². The summed E-state index contributed by atoms with van der Waals surface area (Å²) in [6, 6.07) is 9.76. The fraction of sp³-hybridized carbons (Fsp3) is 0.214. The van der Waals surface area contributed by atoms with Crippen LogP contribution in [0.3, 0.4) is 0 Å². The van der Waals surface area contributed by atoms with Crippen LogP contribution in [-0.2, 0) is 0 Å². The van der Waals surface area contributed by atoms with Gasteiger partial charge in [0.25, 0.3) is 0 Å². The summed E-state index contributed by atoms with van der Waals surface area (Å²) in [6.45, 7) is 2.60. The summed E-state index contributed by atoms with van der Waals surface area (Å²) in [5.74, 6) is 0.835. The van der Waals surface area contributed by atoms with E-state index < -0.39 is 0 Å². The van der Waals surface area contributed by atoms with Gasteiger partial charge in [0.05, 0.1) is 12.8 Å². The molecule has 2 rings (SSSR count). The highest BCUT2D eigenvalue weighted by molar-refractivity contribution is 7.98. The molecule has 0 fully saturated rings. The maximum absolute atomic E-state index is 9.11. The Hall–Kier alpha value is -2.04. The van der Waals surface area contributed by atoms with Crippen LogP contribution in [0.25, 0.3) is 0 Å². The number of aromatic nitrogens is 1. The lowest BCUT2D eigenvalue weighted by molar-refractivity contribution is 0.340. The lowest BCUT2D eigenvalue weighted by Gasteiger charge is -2.02. The van der Waals surface area contributed by atoms with Crippen LogP contribution in [0.2, 0.25) is 0 Å². The van der Waals surface area contributed by atoms with Gasteiger partial charge in [0.1, 0.15) is 27.4 Å². The second-order valence-electron chi connectivity index (χ2n) is 3.88. The van der Waals surface area contributed by atoms with Crippen molar-refractivity contribution in [3.8, 4) is 11.8 Å². The van der Waals surface area contributed by atoms with Crippen molar-refractivity contribution in [3.05, 3.63) is 35.4 Å². The molecule has 0 bridgehead atoms. The third kappa shape index (κ3) is 3.97. The normalized spacial score (nSPS) is 10.5. The number of ether oxygens (including phenoxy) is 1. The standard InChI is InChI=1S/C14H14N4OS2/c1-3-19-11-6-4-10(5-7-11)9-16-17-13-12(8-15)14(20-2)18-21-13/h4-7,9,17H,3H2,1-2H3. The number of anilines is 1. The van der Waals surface area contributed by atoms with Gasteiger partial charge in [0.2, 0.25) is 0 Å². The van der Waals surface area contributed by atoms with E-state index in [0.29, 0.717) is 17.2 Å². The number of rotatable bonds is 6. The first-order valence-electron chi connectivity index (χ1n) is 6.24. The van der Waals surface area contributed by atoms with Gasteiger partial charge in [-0.25, -0.2) is 0 Å². The van der Waals surface area contributed by atoms with Crippen molar-refractivity contribution in [1.29, 1.82) is 5.26 Å². The SMILES string of the molecule is CCOc1ccc(C=NNc2snc(SC)c2C#N)cc1. The van der Waals surface area contributed by atoms with Crippen LogP contribution in [0.15, 0.2) is 34.4 Å². The number of hydrogen-bond acceptors (Lipinski definition) is 7. The fourth-order valence-corrected chi connectivity index (χ4v) is 2.99. The highest BCUT2D eigenvalue weighted by Gasteiger charge is 2.11. The summed E-state index contributed by atoms with van der Waals surface area (Å²) in [4.78, 5) is 0. The van der Waals surface area contributed by atoms with E-state index in [1.54, 1.807) is 6.21 Å². The molecule has 0 saturated heterocycles. The molecule has 0 amide bonds. The number of hydrazone groups is 1. The van der Waals surface area contributed by atoms with Gasteiger partial charge in [-0.05, 0) is 54.5 Å². The molecule has 7 heteroatoms. The number of nitrogens with one attached hydrogen (secondary N) is 1.